The Labute approximate surface area is 152 Å². The van der Waals surface area contributed by atoms with Gasteiger partial charge in [-0.05, 0) is 35.2 Å². The molecule has 1 aliphatic heterocycles. The number of amides is 2. The van der Waals surface area contributed by atoms with E-state index < -0.39 is 0 Å². The highest BCUT2D eigenvalue weighted by atomic mass is 16.2. The van der Waals surface area contributed by atoms with Crippen molar-refractivity contribution >= 4 is 11.7 Å². The number of benzene rings is 1. The van der Waals surface area contributed by atoms with Crippen molar-refractivity contribution in [3.63, 3.8) is 0 Å². The first-order valence-electron chi connectivity index (χ1n) is 8.64. The molecule has 6 nitrogen and oxygen atoms in total. The molecule has 3 heterocycles. The monoisotopic (exact) mass is 347 g/mol. The molecule has 0 spiro atoms. The third-order valence-corrected chi connectivity index (χ3v) is 4.89. The average molecular weight is 347 g/mol. The maximum Gasteiger partial charge on any atom is 0.322 e. The second-order valence-electron chi connectivity index (χ2n) is 6.70. The van der Waals surface area contributed by atoms with Gasteiger partial charge in [-0.25, -0.2) is 4.79 Å². The van der Waals surface area contributed by atoms with E-state index in [1.807, 2.05) is 43.4 Å². The molecule has 3 aromatic rings. The third-order valence-electron chi connectivity index (χ3n) is 4.89. The Morgan fingerprint density at radius 2 is 2.08 bits per heavy atom. The SMILES string of the molecule is Cc1ccncc1NC(=O)N1Cc2ccccc2C(c2cnn(C)c2)C1. The van der Waals surface area contributed by atoms with Crippen molar-refractivity contribution in [1.29, 1.82) is 0 Å². The smallest absolute Gasteiger partial charge is 0.319 e. The van der Waals surface area contributed by atoms with Crippen LogP contribution in [0.4, 0.5) is 10.5 Å². The standard InChI is InChI=1S/C20H21N5O/c1-14-7-8-21-10-19(14)23-20(26)25-12-15-5-3-4-6-17(15)18(13-25)16-9-22-24(2)11-16/h3-11,18H,12-13H2,1-2H3,(H,23,26). The number of anilines is 1. The maximum absolute atomic E-state index is 12.9. The Bertz CT molecular complexity index is 949. The van der Waals surface area contributed by atoms with Crippen molar-refractivity contribution in [2.24, 2.45) is 7.05 Å². The van der Waals surface area contributed by atoms with E-state index in [2.05, 4.69) is 33.6 Å². The molecule has 1 unspecified atom stereocenters. The summed E-state index contributed by atoms with van der Waals surface area (Å²) in [6, 6.07) is 10.1. The summed E-state index contributed by atoms with van der Waals surface area (Å²) in [5, 5.41) is 7.29. The van der Waals surface area contributed by atoms with E-state index >= 15 is 0 Å². The van der Waals surface area contributed by atoms with Crippen molar-refractivity contribution in [2.75, 3.05) is 11.9 Å². The topological polar surface area (TPSA) is 63.1 Å². The number of pyridine rings is 1. The summed E-state index contributed by atoms with van der Waals surface area (Å²) in [6.45, 7) is 3.17. The van der Waals surface area contributed by atoms with Gasteiger partial charge in [0.05, 0.1) is 18.1 Å². The summed E-state index contributed by atoms with van der Waals surface area (Å²) < 4.78 is 1.80. The molecule has 0 saturated carbocycles. The molecule has 0 fully saturated rings. The van der Waals surface area contributed by atoms with Gasteiger partial charge in [-0.3, -0.25) is 9.67 Å². The van der Waals surface area contributed by atoms with Crippen LogP contribution in [0, 0.1) is 6.92 Å². The van der Waals surface area contributed by atoms with Gasteiger partial charge >= 0.3 is 6.03 Å². The molecule has 0 aliphatic carbocycles. The summed E-state index contributed by atoms with van der Waals surface area (Å²) in [5.41, 5.74) is 5.30. The minimum Gasteiger partial charge on any atom is -0.319 e. The molecule has 0 radical (unpaired) electrons. The zero-order valence-electron chi connectivity index (χ0n) is 14.9. The van der Waals surface area contributed by atoms with Crippen molar-refractivity contribution in [3.05, 3.63) is 77.4 Å². The minimum atomic E-state index is -0.107. The molecule has 1 aromatic carbocycles. The molecule has 2 amide bonds. The van der Waals surface area contributed by atoms with Crippen LogP contribution in [0.25, 0.3) is 0 Å². The van der Waals surface area contributed by atoms with Crippen molar-refractivity contribution < 1.29 is 4.79 Å². The molecule has 132 valence electrons. The third kappa shape index (κ3) is 3.06. The summed E-state index contributed by atoms with van der Waals surface area (Å²) in [6.07, 6.45) is 7.31. The molecule has 4 rings (SSSR count). The van der Waals surface area contributed by atoms with E-state index in [-0.39, 0.29) is 11.9 Å². The van der Waals surface area contributed by atoms with Gasteiger partial charge in [0, 0.05) is 38.4 Å². The fraction of sp³-hybridized carbons (Fsp3) is 0.250. The van der Waals surface area contributed by atoms with Gasteiger partial charge in [0.25, 0.3) is 0 Å². The lowest BCUT2D eigenvalue weighted by Crippen LogP contribution is -2.41. The Morgan fingerprint density at radius 1 is 1.23 bits per heavy atom. The van der Waals surface area contributed by atoms with Crippen LogP contribution in [0.2, 0.25) is 0 Å². The van der Waals surface area contributed by atoms with Crippen LogP contribution < -0.4 is 5.32 Å². The number of aryl methyl sites for hydroxylation is 2. The minimum absolute atomic E-state index is 0.107. The highest BCUT2D eigenvalue weighted by Crippen LogP contribution is 2.33. The van der Waals surface area contributed by atoms with Gasteiger partial charge in [-0.2, -0.15) is 5.10 Å². The van der Waals surface area contributed by atoms with Crippen molar-refractivity contribution in [3.8, 4) is 0 Å². The molecule has 26 heavy (non-hydrogen) atoms. The van der Waals surface area contributed by atoms with Crippen LogP contribution in [0.15, 0.2) is 55.1 Å². The Kier molecular flexibility index (Phi) is 4.16. The van der Waals surface area contributed by atoms with E-state index in [1.54, 1.807) is 17.1 Å². The number of nitrogens with one attached hydrogen (secondary N) is 1. The number of hydrogen-bond acceptors (Lipinski definition) is 3. The zero-order valence-corrected chi connectivity index (χ0v) is 14.9. The van der Waals surface area contributed by atoms with E-state index in [4.69, 9.17) is 0 Å². The molecular formula is C20H21N5O. The number of carbonyl (C=O) groups excluding carboxylic acids is 1. The Balaban J connectivity index is 1.62. The fourth-order valence-electron chi connectivity index (χ4n) is 3.46. The zero-order chi connectivity index (χ0) is 18.1. The van der Waals surface area contributed by atoms with Crippen molar-refractivity contribution in [2.45, 2.75) is 19.4 Å². The second kappa shape index (κ2) is 6.63. The van der Waals surface area contributed by atoms with Gasteiger partial charge in [-0.1, -0.05) is 24.3 Å². The van der Waals surface area contributed by atoms with E-state index in [0.29, 0.717) is 13.1 Å². The van der Waals surface area contributed by atoms with Crippen LogP contribution in [0.1, 0.15) is 28.2 Å². The first kappa shape index (κ1) is 16.3. The molecule has 0 saturated heterocycles. The molecule has 0 bridgehead atoms. The number of hydrogen-bond donors (Lipinski definition) is 1. The highest BCUT2D eigenvalue weighted by Gasteiger charge is 2.30. The average Bonchev–Trinajstić information content (AvgIpc) is 3.09. The van der Waals surface area contributed by atoms with Gasteiger partial charge in [0.1, 0.15) is 0 Å². The number of aromatic nitrogens is 3. The summed E-state index contributed by atoms with van der Waals surface area (Å²) in [4.78, 5) is 18.8. The number of carbonyl (C=O) groups is 1. The fourth-order valence-corrected chi connectivity index (χ4v) is 3.46. The van der Waals surface area contributed by atoms with Gasteiger partial charge in [0.15, 0.2) is 0 Å². The summed E-state index contributed by atoms with van der Waals surface area (Å²) in [5.74, 6) is 0.120. The highest BCUT2D eigenvalue weighted by molar-refractivity contribution is 5.90. The van der Waals surface area contributed by atoms with Crippen LogP contribution in [-0.2, 0) is 13.6 Å². The number of fused-ring (bicyclic) bond motifs is 1. The van der Waals surface area contributed by atoms with Gasteiger partial charge in [-0.15, -0.1) is 0 Å². The van der Waals surface area contributed by atoms with Gasteiger partial charge in [0.2, 0.25) is 0 Å². The Morgan fingerprint density at radius 3 is 2.85 bits per heavy atom. The lowest BCUT2D eigenvalue weighted by molar-refractivity contribution is 0.203. The van der Waals surface area contributed by atoms with Crippen LogP contribution in [0.3, 0.4) is 0 Å². The summed E-state index contributed by atoms with van der Waals surface area (Å²) in [7, 11) is 1.91. The van der Waals surface area contributed by atoms with E-state index in [0.717, 1.165) is 16.8 Å². The maximum atomic E-state index is 12.9. The van der Waals surface area contributed by atoms with E-state index in [1.165, 1.54) is 11.1 Å². The predicted molar refractivity (Wildman–Crippen MR) is 99.9 cm³/mol. The Hall–Kier alpha value is -3.15. The van der Waals surface area contributed by atoms with Gasteiger partial charge < -0.3 is 10.2 Å². The largest absolute Gasteiger partial charge is 0.322 e. The van der Waals surface area contributed by atoms with E-state index in [9.17, 15) is 4.79 Å². The summed E-state index contributed by atoms with van der Waals surface area (Å²) >= 11 is 0. The van der Waals surface area contributed by atoms with Crippen LogP contribution >= 0.6 is 0 Å². The molecule has 1 aliphatic rings. The molecule has 1 N–H and O–H groups in total. The molecule has 1 atom stereocenters. The normalized spacial score (nSPS) is 16.2. The number of rotatable bonds is 2. The van der Waals surface area contributed by atoms with Crippen LogP contribution in [0.5, 0.6) is 0 Å². The van der Waals surface area contributed by atoms with Crippen LogP contribution in [-0.4, -0.2) is 32.2 Å². The second-order valence-corrected chi connectivity index (χ2v) is 6.70. The molecular weight excluding hydrogens is 326 g/mol. The lowest BCUT2D eigenvalue weighted by Gasteiger charge is -2.34. The number of nitrogens with zero attached hydrogens (tertiary/aromatic N) is 4. The number of urea groups is 1. The lowest BCUT2D eigenvalue weighted by atomic mass is 9.86. The first-order chi connectivity index (χ1) is 12.6. The van der Waals surface area contributed by atoms with Crippen molar-refractivity contribution in [1.82, 2.24) is 19.7 Å². The molecule has 2 aromatic heterocycles. The molecule has 6 heteroatoms. The first-order valence-corrected chi connectivity index (χ1v) is 8.64. The predicted octanol–water partition coefficient (Wildman–Crippen LogP) is 3.30. The quantitative estimate of drug-likeness (QED) is 0.774.